The second-order valence-electron chi connectivity index (χ2n) is 8.04. The lowest BCUT2D eigenvalue weighted by Gasteiger charge is -2.27. The molecule has 0 aliphatic carbocycles. The van der Waals surface area contributed by atoms with E-state index >= 15 is 0 Å². The van der Waals surface area contributed by atoms with E-state index in [4.69, 9.17) is 4.74 Å². The maximum absolute atomic E-state index is 12.8. The normalized spacial score (nSPS) is 20.5. The topological polar surface area (TPSA) is 61.9 Å². The molecule has 0 saturated carbocycles. The molecule has 2 aliphatic heterocycles. The number of methoxy groups -OCH3 is 1. The first-order valence-electron chi connectivity index (χ1n) is 10.6. The van der Waals surface area contributed by atoms with Gasteiger partial charge in [0.05, 0.1) is 19.1 Å². The van der Waals surface area contributed by atoms with Crippen LogP contribution in [0.15, 0.2) is 41.8 Å². The van der Waals surface area contributed by atoms with Crippen molar-refractivity contribution in [3.05, 3.63) is 52.2 Å². The van der Waals surface area contributed by atoms with E-state index in [-0.39, 0.29) is 30.2 Å². The molecule has 6 nitrogen and oxygen atoms in total. The summed E-state index contributed by atoms with van der Waals surface area (Å²) in [6.07, 6.45) is 2.72. The first-order chi connectivity index (χ1) is 14.6. The number of nitrogens with zero attached hydrogens (tertiary/aromatic N) is 2. The molecule has 4 rings (SSSR count). The fourth-order valence-corrected chi connectivity index (χ4v) is 5.20. The number of hydrogen-bond donors (Lipinski definition) is 1. The number of hydrogen-bond acceptors (Lipinski definition) is 5. The summed E-state index contributed by atoms with van der Waals surface area (Å²) in [7, 11) is 1.63. The molecule has 2 fully saturated rings. The van der Waals surface area contributed by atoms with E-state index in [1.165, 1.54) is 17.7 Å². The average Bonchev–Trinajstić information content (AvgIpc) is 3.52. The van der Waals surface area contributed by atoms with Gasteiger partial charge in [0, 0.05) is 30.9 Å². The number of carbonyl (C=O) groups excluding carboxylic acids is 2. The van der Waals surface area contributed by atoms with Crippen LogP contribution in [0.4, 0.5) is 0 Å². The van der Waals surface area contributed by atoms with E-state index in [2.05, 4.69) is 27.7 Å². The van der Waals surface area contributed by atoms with Crippen molar-refractivity contribution in [3.8, 4) is 5.75 Å². The Kier molecular flexibility index (Phi) is 6.69. The first-order valence-corrected chi connectivity index (χ1v) is 11.5. The summed E-state index contributed by atoms with van der Waals surface area (Å²) in [5.41, 5.74) is 1.04. The molecular formula is C23H29N3O3S. The van der Waals surface area contributed by atoms with Crippen molar-refractivity contribution >= 4 is 23.2 Å². The van der Waals surface area contributed by atoms with Crippen molar-refractivity contribution in [1.29, 1.82) is 0 Å². The zero-order valence-corrected chi connectivity index (χ0v) is 18.2. The van der Waals surface area contributed by atoms with E-state index in [0.717, 1.165) is 24.4 Å². The second kappa shape index (κ2) is 9.62. The number of carbonyl (C=O) groups is 2. The van der Waals surface area contributed by atoms with Crippen LogP contribution in [0, 0.1) is 5.92 Å². The summed E-state index contributed by atoms with van der Waals surface area (Å²) in [6, 6.07) is 12.1. The predicted molar refractivity (Wildman–Crippen MR) is 117 cm³/mol. The van der Waals surface area contributed by atoms with Crippen molar-refractivity contribution in [2.45, 2.75) is 31.8 Å². The molecule has 160 valence electrons. The molecule has 0 radical (unpaired) electrons. The van der Waals surface area contributed by atoms with Crippen LogP contribution in [0.5, 0.6) is 5.75 Å². The SMILES string of the molecule is COc1ccc(CN2CC(C(=O)NCC(c3cccs3)N3CCCC3)CC2=O)cc1. The minimum absolute atomic E-state index is 0.0127. The van der Waals surface area contributed by atoms with Crippen LogP contribution in [0.25, 0.3) is 0 Å². The van der Waals surface area contributed by atoms with Gasteiger partial charge in [-0.15, -0.1) is 11.3 Å². The van der Waals surface area contributed by atoms with Gasteiger partial charge in [-0.3, -0.25) is 14.5 Å². The van der Waals surface area contributed by atoms with Crippen molar-refractivity contribution in [3.63, 3.8) is 0 Å². The molecule has 2 saturated heterocycles. The Morgan fingerprint density at radius 3 is 2.67 bits per heavy atom. The van der Waals surface area contributed by atoms with Gasteiger partial charge >= 0.3 is 0 Å². The molecule has 2 unspecified atom stereocenters. The number of amides is 2. The summed E-state index contributed by atoms with van der Waals surface area (Å²) in [6.45, 7) is 3.76. The third-order valence-corrected chi connectivity index (χ3v) is 7.01. The molecule has 2 aliphatic rings. The lowest BCUT2D eigenvalue weighted by Crippen LogP contribution is -2.39. The first kappa shape index (κ1) is 20.9. The summed E-state index contributed by atoms with van der Waals surface area (Å²) in [4.78, 5) is 30.8. The minimum Gasteiger partial charge on any atom is -0.497 e. The maximum atomic E-state index is 12.8. The third kappa shape index (κ3) is 4.84. The highest BCUT2D eigenvalue weighted by Crippen LogP contribution is 2.28. The van der Waals surface area contributed by atoms with Gasteiger partial charge in [-0.1, -0.05) is 18.2 Å². The Morgan fingerprint density at radius 1 is 1.23 bits per heavy atom. The van der Waals surface area contributed by atoms with Gasteiger partial charge in [0.1, 0.15) is 5.75 Å². The van der Waals surface area contributed by atoms with Gasteiger partial charge in [0.15, 0.2) is 0 Å². The second-order valence-corrected chi connectivity index (χ2v) is 9.02. The van der Waals surface area contributed by atoms with Gasteiger partial charge in [-0.05, 0) is 55.1 Å². The summed E-state index contributed by atoms with van der Waals surface area (Å²) >= 11 is 1.74. The van der Waals surface area contributed by atoms with Gasteiger partial charge in [-0.2, -0.15) is 0 Å². The summed E-state index contributed by atoms with van der Waals surface area (Å²) in [5, 5.41) is 5.23. The Labute approximate surface area is 181 Å². The van der Waals surface area contributed by atoms with E-state index in [1.807, 2.05) is 24.3 Å². The predicted octanol–water partition coefficient (Wildman–Crippen LogP) is 3.06. The number of ether oxygens (including phenoxy) is 1. The average molecular weight is 428 g/mol. The Hall–Kier alpha value is -2.38. The zero-order valence-electron chi connectivity index (χ0n) is 17.4. The fraction of sp³-hybridized carbons (Fsp3) is 0.478. The molecule has 2 amide bonds. The smallest absolute Gasteiger partial charge is 0.225 e. The van der Waals surface area contributed by atoms with Gasteiger partial charge in [0.2, 0.25) is 11.8 Å². The summed E-state index contributed by atoms with van der Waals surface area (Å²) in [5.74, 6) is 0.544. The highest BCUT2D eigenvalue weighted by atomic mass is 32.1. The van der Waals surface area contributed by atoms with Gasteiger partial charge in [-0.25, -0.2) is 0 Å². The lowest BCUT2D eigenvalue weighted by molar-refractivity contribution is -0.129. The van der Waals surface area contributed by atoms with Crippen LogP contribution >= 0.6 is 11.3 Å². The molecular weight excluding hydrogens is 398 g/mol. The molecule has 0 spiro atoms. The molecule has 0 bridgehead atoms. The van der Waals surface area contributed by atoms with Crippen LogP contribution in [0.3, 0.4) is 0 Å². The Balaban J connectivity index is 1.32. The van der Waals surface area contributed by atoms with E-state index < -0.39 is 0 Å². The van der Waals surface area contributed by atoms with Crippen molar-refractivity contribution in [2.75, 3.05) is 33.3 Å². The van der Waals surface area contributed by atoms with Crippen LogP contribution in [0.2, 0.25) is 0 Å². The Bertz CT molecular complexity index is 847. The maximum Gasteiger partial charge on any atom is 0.225 e. The number of nitrogens with one attached hydrogen (secondary N) is 1. The molecule has 1 aromatic heterocycles. The molecule has 30 heavy (non-hydrogen) atoms. The molecule has 2 atom stereocenters. The fourth-order valence-electron chi connectivity index (χ4n) is 4.34. The Morgan fingerprint density at radius 2 is 2.00 bits per heavy atom. The van der Waals surface area contributed by atoms with E-state index in [0.29, 0.717) is 19.6 Å². The highest BCUT2D eigenvalue weighted by molar-refractivity contribution is 7.10. The zero-order chi connectivity index (χ0) is 20.9. The van der Waals surface area contributed by atoms with Crippen molar-refractivity contribution < 1.29 is 14.3 Å². The van der Waals surface area contributed by atoms with Crippen LogP contribution in [0.1, 0.15) is 35.7 Å². The molecule has 3 heterocycles. The number of rotatable bonds is 8. The number of benzene rings is 1. The highest BCUT2D eigenvalue weighted by Gasteiger charge is 2.35. The van der Waals surface area contributed by atoms with Crippen LogP contribution < -0.4 is 10.1 Å². The number of likely N-dealkylation sites (tertiary alicyclic amines) is 2. The van der Waals surface area contributed by atoms with Crippen LogP contribution in [-0.4, -0.2) is 54.9 Å². The van der Waals surface area contributed by atoms with Gasteiger partial charge in [0.25, 0.3) is 0 Å². The number of thiophene rings is 1. The van der Waals surface area contributed by atoms with E-state index in [9.17, 15) is 9.59 Å². The quantitative estimate of drug-likeness (QED) is 0.703. The van der Waals surface area contributed by atoms with Crippen LogP contribution in [-0.2, 0) is 16.1 Å². The minimum atomic E-state index is -0.279. The largest absolute Gasteiger partial charge is 0.497 e. The third-order valence-electron chi connectivity index (χ3n) is 6.04. The monoisotopic (exact) mass is 427 g/mol. The molecule has 1 N–H and O–H groups in total. The molecule has 2 aromatic rings. The van der Waals surface area contributed by atoms with Crippen molar-refractivity contribution in [2.24, 2.45) is 5.92 Å². The molecule has 7 heteroatoms. The van der Waals surface area contributed by atoms with Crippen molar-refractivity contribution in [1.82, 2.24) is 15.1 Å². The summed E-state index contributed by atoms with van der Waals surface area (Å²) < 4.78 is 5.18. The van der Waals surface area contributed by atoms with E-state index in [1.54, 1.807) is 23.3 Å². The standard InChI is InChI=1S/C23H29N3O3S/c1-29-19-8-6-17(7-9-19)15-26-16-18(13-22(26)27)23(28)24-14-20(21-5-4-12-30-21)25-10-2-3-11-25/h4-9,12,18,20H,2-3,10-11,13-16H2,1H3,(H,24,28). The van der Waals surface area contributed by atoms with Gasteiger partial charge < -0.3 is 15.0 Å². The lowest BCUT2D eigenvalue weighted by atomic mass is 10.1. The molecule has 1 aromatic carbocycles.